The molecule has 1 atom stereocenters. The number of benzene rings is 1. The molecule has 0 radical (unpaired) electrons. The third kappa shape index (κ3) is 4.56. The Bertz CT molecular complexity index is 476. The molecule has 114 valence electrons. The van der Waals surface area contributed by atoms with Gasteiger partial charge >= 0.3 is 0 Å². The molecular formula is C16H23N3O2. The zero-order valence-electron chi connectivity index (χ0n) is 12.5. The van der Waals surface area contributed by atoms with Crippen molar-refractivity contribution in [2.45, 2.75) is 19.3 Å². The van der Waals surface area contributed by atoms with Gasteiger partial charge in [-0.15, -0.1) is 0 Å². The average Bonchev–Trinajstić information content (AvgIpc) is 2.53. The maximum atomic E-state index is 12.3. The predicted molar refractivity (Wildman–Crippen MR) is 82.9 cm³/mol. The minimum atomic E-state index is -0.113. The van der Waals surface area contributed by atoms with Crippen LogP contribution in [-0.2, 0) is 9.59 Å². The van der Waals surface area contributed by atoms with Crippen molar-refractivity contribution in [1.82, 2.24) is 10.2 Å². The maximum Gasteiger partial charge on any atom is 0.229 e. The fourth-order valence-electron chi connectivity index (χ4n) is 2.57. The van der Waals surface area contributed by atoms with Crippen LogP contribution in [0.3, 0.4) is 0 Å². The Labute approximate surface area is 125 Å². The number of hydrogen-bond acceptors (Lipinski definition) is 3. The molecule has 2 rings (SSSR count). The van der Waals surface area contributed by atoms with Crippen molar-refractivity contribution in [3.63, 3.8) is 0 Å². The summed E-state index contributed by atoms with van der Waals surface area (Å²) in [6, 6.07) is 9.44. The SMILES string of the molecule is CNCCC(=O)N1CCCC(C(=O)Nc2ccccc2)C1. The Hall–Kier alpha value is -1.88. The zero-order valence-corrected chi connectivity index (χ0v) is 12.5. The number of nitrogens with one attached hydrogen (secondary N) is 2. The van der Waals surface area contributed by atoms with Crippen molar-refractivity contribution in [2.24, 2.45) is 5.92 Å². The van der Waals surface area contributed by atoms with Crippen molar-refractivity contribution < 1.29 is 9.59 Å². The first kappa shape index (κ1) is 15.5. The van der Waals surface area contributed by atoms with E-state index in [9.17, 15) is 9.59 Å². The number of carbonyl (C=O) groups excluding carboxylic acids is 2. The molecule has 1 heterocycles. The van der Waals surface area contributed by atoms with Gasteiger partial charge in [-0.3, -0.25) is 9.59 Å². The Balaban J connectivity index is 1.88. The molecule has 0 saturated carbocycles. The molecule has 0 aliphatic carbocycles. The summed E-state index contributed by atoms with van der Waals surface area (Å²) in [5.41, 5.74) is 0.807. The van der Waals surface area contributed by atoms with E-state index >= 15 is 0 Å². The molecule has 0 spiro atoms. The highest BCUT2D eigenvalue weighted by atomic mass is 16.2. The maximum absolute atomic E-state index is 12.3. The van der Waals surface area contributed by atoms with Gasteiger partial charge in [-0.25, -0.2) is 0 Å². The topological polar surface area (TPSA) is 61.4 Å². The zero-order chi connectivity index (χ0) is 15.1. The smallest absolute Gasteiger partial charge is 0.229 e. The van der Waals surface area contributed by atoms with Crippen LogP contribution in [0.4, 0.5) is 5.69 Å². The lowest BCUT2D eigenvalue weighted by Crippen LogP contribution is -2.44. The van der Waals surface area contributed by atoms with Gasteiger partial charge in [-0.1, -0.05) is 18.2 Å². The van der Waals surface area contributed by atoms with Crippen molar-refractivity contribution in [3.8, 4) is 0 Å². The Morgan fingerprint density at radius 3 is 2.76 bits per heavy atom. The summed E-state index contributed by atoms with van der Waals surface area (Å²) in [7, 11) is 1.83. The number of likely N-dealkylation sites (tertiary alicyclic amines) is 1. The monoisotopic (exact) mass is 289 g/mol. The van der Waals surface area contributed by atoms with Crippen LogP contribution in [0.15, 0.2) is 30.3 Å². The molecule has 1 aliphatic heterocycles. The van der Waals surface area contributed by atoms with Gasteiger partial charge in [0.2, 0.25) is 11.8 Å². The van der Waals surface area contributed by atoms with E-state index in [0.29, 0.717) is 19.5 Å². The summed E-state index contributed by atoms with van der Waals surface area (Å²) in [6.07, 6.45) is 2.22. The highest BCUT2D eigenvalue weighted by Crippen LogP contribution is 2.19. The Morgan fingerprint density at radius 2 is 2.05 bits per heavy atom. The van der Waals surface area contributed by atoms with Crippen LogP contribution in [0.5, 0.6) is 0 Å². The molecule has 1 aliphatic rings. The van der Waals surface area contributed by atoms with Gasteiger partial charge in [-0.05, 0) is 32.0 Å². The van der Waals surface area contributed by atoms with E-state index in [1.165, 1.54) is 0 Å². The molecule has 0 aromatic heterocycles. The van der Waals surface area contributed by atoms with E-state index in [-0.39, 0.29) is 17.7 Å². The minimum absolute atomic E-state index is 0.00677. The number of carbonyl (C=O) groups is 2. The quantitative estimate of drug-likeness (QED) is 0.863. The summed E-state index contributed by atoms with van der Waals surface area (Å²) in [6.45, 7) is 1.97. The van der Waals surface area contributed by atoms with Gasteiger partial charge in [0.05, 0.1) is 5.92 Å². The van der Waals surface area contributed by atoms with E-state index in [1.807, 2.05) is 42.3 Å². The van der Waals surface area contributed by atoms with Crippen LogP contribution in [0, 0.1) is 5.92 Å². The van der Waals surface area contributed by atoms with Gasteiger partial charge in [0, 0.05) is 31.7 Å². The lowest BCUT2D eigenvalue weighted by Gasteiger charge is -2.32. The first-order valence-electron chi connectivity index (χ1n) is 7.49. The second-order valence-corrected chi connectivity index (χ2v) is 5.39. The van der Waals surface area contributed by atoms with Crippen LogP contribution in [0.25, 0.3) is 0 Å². The number of anilines is 1. The summed E-state index contributed by atoms with van der Waals surface area (Å²) in [5.74, 6) is 0.0198. The van der Waals surface area contributed by atoms with Crippen LogP contribution >= 0.6 is 0 Å². The minimum Gasteiger partial charge on any atom is -0.342 e. The molecule has 1 aromatic carbocycles. The van der Waals surface area contributed by atoms with Gasteiger partial charge in [0.15, 0.2) is 0 Å². The van der Waals surface area contributed by atoms with E-state index in [1.54, 1.807) is 0 Å². The second kappa shape index (κ2) is 7.78. The van der Waals surface area contributed by atoms with Crippen LogP contribution in [-0.4, -0.2) is 43.4 Å². The molecule has 2 amide bonds. The first-order valence-corrected chi connectivity index (χ1v) is 7.49. The third-order valence-corrected chi connectivity index (χ3v) is 3.78. The van der Waals surface area contributed by atoms with Crippen molar-refractivity contribution in [3.05, 3.63) is 30.3 Å². The molecule has 2 N–H and O–H groups in total. The fraction of sp³-hybridized carbons (Fsp3) is 0.500. The van der Waals surface area contributed by atoms with Crippen LogP contribution in [0.1, 0.15) is 19.3 Å². The van der Waals surface area contributed by atoms with Gasteiger partial charge in [0.1, 0.15) is 0 Å². The van der Waals surface area contributed by atoms with Crippen molar-refractivity contribution >= 4 is 17.5 Å². The number of para-hydroxylation sites is 1. The van der Waals surface area contributed by atoms with Crippen LogP contribution < -0.4 is 10.6 Å². The molecule has 5 heteroatoms. The number of amides is 2. The molecule has 1 unspecified atom stereocenters. The first-order chi connectivity index (χ1) is 10.2. The fourth-order valence-corrected chi connectivity index (χ4v) is 2.57. The molecule has 1 aromatic rings. The Morgan fingerprint density at radius 1 is 1.29 bits per heavy atom. The molecule has 21 heavy (non-hydrogen) atoms. The number of hydrogen-bond donors (Lipinski definition) is 2. The van der Waals surface area contributed by atoms with E-state index in [0.717, 1.165) is 25.1 Å². The van der Waals surface area contributed by atoms with Gasteiger partial charge in [-0.2, -0.15) is 0 Å². The summed E-state index contributed by atoms with van der Waals surface area (Å²) in [5, 5.41) is 5.90. The molecule has 1 fully saturated rings. The molecule has 0 bridgehead atoms. The summed E-state index contributed by atoms with van der Waals surface area (Å²) >= 11 is 0. The second-order valence-electron chi connectivity index (χ2n) is 5.39. The summed E-state index contributed by atoms with van der Waals surface area (Å²) < 4.78 is 0. The van der Waals surface area contributed by atoms with Crippen LogP contribution in [0.2, 0.25) is 0 Å². The van der Waals surface area contributed by atoms with E-state index in [4.69, 9.17) is 0 Å². The van der Waals surface area contributed by atoms with E-state index in [2.05, 4.69) is 10.6 Å². The Kier molecular flexibility index (Phi) is 5.75. The van der Waals surface area contributed by atoms with Gasteiger partial charge in [0.25, 0.3) is 0 Å². The lowest BCUT2D eigenvalue weighted by atomic mass is 9.96. The van der Waals surface area contributed by atoms with Gasteiger partial charge < -0.3 is 15.5 Å². The summed E-state index contributed by atoms with van der Waals surface area (Å²) in [4.78, 5) is 26.1. The third-order valence-electron chi connectivity index (χ3n) is 3.78. The highest BCUT2D eigenvalue weighted by Gasteiger charge is 2.28. The average molecular weight is 289 g/mol. The number of piperidine rings is 1. The molecular weight excluding hydrogens is 266 g/mol. The predicted octanol–water partition coefficient (Wildman–Crippen LogP) is 1.47. The highest BCUT2D eigenvalue weighted by molar-refractivity contribution is 5.93. The standard InChI is InChI=1S/C16H23N3O2/c1-17-10-9-15(20)19-11-5-6-13(12-19)16(21)18-14-7-3-2-4-8-14/h2-4,7-8,13,17H,5-6,9-12H2,1H3,(H,18,21). The molecule has 1 saturated heterocycles. The number of rotatable bonds is 5. The molecule has 5 nitrogen and oxygen atoms in total. The largest absolute Gasteiger partial charge is 0.342 e. The normalized spacial score (nSPS) is 18.3. The van der Waals surface area contributed by atoms with E-state index < -0.39 is 0 Å². The van der Waals surface area contributed by atoms with Crippen molar-refractivity contribution in [1.29, 1.82) is 0 Å². The lowest BCUT2D eigenvalue weighted by molar-refractivity contribution is -0.134. The number of nitrogens with zero attached hydrogens (tertiary/aromatic N) is 1. The van der Waals surface area contributed by atoms with Crippen molar-refractivity contribution in [2.75, 3.05) is 32.0 Å².